The molecule has 1 saturated heterocycles. The Balaban J connectivity index is 1.72. The first-order valence-electron chi connectivity index (χ1n) is 7.59. The summed E-state index contributed by atoms with van der Waals surface area (Å²) >= 11 is 0. The van der Waals surface area contributed by atoms with Gasteiger partial charge in [-0.05, 0) is 30.4 Å². The van der Waals surface area contributed by atoms with Gasteiger partial charge in [-0.2, -0.15) is 0 Å². The summed E-state index contributed by atoms with van der Waals surface area (Å²) in [6.07, 6.45) is 2.14. The van der Waals surface area contributed by atoms with Gasteiger partial charge in [0.05, 0.1) is 8.07 Å². The molecule has 0 unspecified atom stereocenters. The molecule has 21 heavy (non-hydrogen) atoms. The molecular weight excluding hydrogens is 280 g/mol. The maximum atomic E-state index is 10.6. The van der Waals surface area contributed by atoms with E-state index in [1.54, 1.807) is 12.1 Å². The van der Waals surface area contributed by atoms with Gasteiger partial charge in [0.15, 0.2) is 0 Å². The number of hydrogen-bond donors (Lipinski definition) is 0. The molecule has 0 bridgehead atoms. The van der Waals surface area contributed by atoms with Gasteiger partial charge < -0.3 is 9.64 Å². The van der Waals surface area contributed by atoms with Gasteiger partial charge in [-0.1, -0.05) is 19.6 Å². The van der Waals surface area contributed by atoms with Crippen molar-refractivity contribution < 1.29 is 9.53 Å². The molecule has 0 N–H and O–H groups in total. The number of ether oxygens (including phenoxy) is 1. The Hall–Kier alpha value is -1.17. The summed E-state index contributed by atoms with van der Waals surface area (Å²) in [6, 6.07) is 7.28. The minimum absolute atomic E-state index is 0.626. The van der Waals surface area contributed by atoms with Crippen molar-refractivity contribution in [2.75, 3.05) is 39.1 Å². The lowest BCUT2D eigenvalue weighted by Crippen LogP contribution is -2.51. The predicted molar refractivity (Wildman–Crippen MR) is 88.7 cm³/mol. The molecule has 0 aliphatic carbocycles. The Morgan fingerprint density at radius 3 is 2.14 bits per heavy atom. The lowest BCUT2D eigenvalue weighted by atomic mass is 10.2. The fourth-order valence-corrected chi connectivity index (χ4v) is 4.21. The molecule has 0 saturated carbocycles. The zero-order valence-corrected chi connectivity index (χ0v) is 14.3. The number of piperazine rings is 1. The second-order valence-corrected chi connectivity index (χ2v) is 12.4. The minimum atomic E-state index is -0.999. The van der Waals surface area contributed by atoms with E-state index in [4.69, 9.17) is 4.74 Å². The molecule has 4 nitrogen and oxygen atoms in total. The molecule has 0 aromatic heterocycles. The molecule has 1 aromatic rings. The number of carbonyl (C=O) groups excluding carboxylic acids is 1. The van der Waals surface area contributed by atoms with Crippen LogP contribution in [0.3, 0.4) is 0 Å². The van der Waals surface area contributed by atoms with Crippen molar-refractivity contribution in [3.63, 3.8) is 0 Å². The summed E-state index contributed by atoms with van der Waals surface area (Å²) in [5.41, 5.74) is 0.683. The number of hydrogen-bond acceptors (Lipinski definition) is 4. The normalized spacial score (nSPS) is 17.7. The molecule has 1 fully saturated rings. The third-order valence-corrected chi connectivity index (χ3v) is 4.99. The van der Waals surface area contributed by atoms with Gasteiger partial charge in [0.2, 0.25) is 0 Å². The maximum Gasteiger partial charge on any atom is 0.150 e. The third-order valence-electron chi connectivity index (χ3n) is 3.59. The summed E-state index contributed by atoms with van der Waals surface area (Å²) in [6.45, 7) is 12.3. The topological polar surface area (TPSA) is 32.8 Å². The van der Waals surface area contributed by atoms with Crippen LogP contribution in [0.25, 0.3) is 0 Å². The van der Waals surface area contributed by atoms with Gasteiger partial charge in [0.1, 0.15) is 18.8 Å². The van der Waals surface area contributed by atoms with Gasteiger partial charge in [0.25, 0.3) is 0 Å². The number of aldehydes is 1. The fraction of sp³-hybridized carbons (Fsp3) is 0.562. The van der Waals surface area contributed by atoms with Crippen LogP contribution >= 0.6 is 0 Å². The largest absolute Gasteiger partial charge is 0.478 e. The molecule has 0 spiro atoms. The smallest absolute Gasteiger partial charge is 0.150 e. The Morgan fingerprint density at radius 1 is 1.05 bits per heavy atom. The van der Waals surface area contributed by atoms with E-state index < -0.39 is 8.07 Å². The van der Waals surface area contributed by atoms with Gasteiger partial charge in [-0.3, -0.25) is 9.69 Å². The highest BCUT2D eigenvalue weighted by molar-refractivity contribution is 6.76. The van der Waals surface area contributed by atoms with Crippen molar-refractivity contribution in [3.05, 3.63) is 29.8 Å². The number of benzene rings is 1. The van der Waals surface area contributed by atoms with Crippen LogP contribution in [0.1, 0.15) is 10.4 Å². The first-order valence-corrected chi connectivity index (χ1v) is 11.3. The second-order valence-electron chi connectivity index (χ2n) is 6.92. The number of nitrogens with zero attached hydrogens (tertiary/aromatic N) is 2. The van der Waals surface area contributed by atoms with Crippen molar-refractivity contribution in [1.29, 1.82) is 0 Å². The van der Waals surface area contributed by atoms with Crippen LogP contribution in [0.2, 0.25) is 19.6 Å². The molecule has 5 heteroatoms. The van der Waals surface area contributed by atoms with Crippen LogP contribution in [0.15, 0.2) is 24.3 Å². The van der Waals surface area contributed by atoms with Crippen LogP contribution in [0, 0.1) is 0 Å². The highest BCUT2D eigenvalue weighted by Gasteiger charge is 2.22. The molecule has 0 radical (unpaired) electrons. The van der Waals surface area contributed by atoms with Crippen molar-refractivity contribution in [3.8, 4) is 5.75 Å². The quantitative estimate of drug-likeness (QED) is 0.596. The van der Waals surface area contributed by atoms with Crippen LogP contribution in [-0.2, 0) is 0 Å². The van der Waals surface area contributed by atoms with E-state index in [2.05, 4.69) is 29.4 Å². The summed E-state index contributed by atoms with van der Waals surface area (Å²) in [7, 11) is -0.999. The van der Waals surface area contributed by atoms with E-state index in [1.165, 1.54) is 6.17 Å². The Bertz CT molecular complexity index is 448. The summed E-state index contributed by atoms with van der Waals surface area (Å²) in [5, 5.41) is 0. The molecule has 2 rings (SSSR count). The molecule has 0 amide bonds. The maximum absolute atomic E-state index is 10.6. The van der Waals surface area contributed by atoms with Gasteiger partial charge in [-0.15, -0.1) is 0 Å². The van der Waals surface area contributed by atoms with Crippen molar-refractivity contribution in [2.45, 2.75) is 19.6 Å². The molecule has 1 heterocycles. The number of rotatable bonds is 6. The van der Waals surface area contributed by atoms with Gasteiger partial charge in [0, 0.05) is 31.7 Å². The lowest BCUT2D eigenvalue weighted by molar-refractivity contribution is 0.0726. The minimum Gasteiger partial charge on any atom is -0.478 e. The summed E-state index contributed by atoms with van der Waals surface area (Å²) in [5.74, 6) is 0.824. The number of carbonyl (C=O) groups is 1. The zero-order valence-electron chi connectivity index (χ0n) is 13.3. The molecule has 116 valence electrons. The molecule has 1 aliphatic heterocycles. The SMILES string of the molecule is C[Si](C)(C)CN1CCN(COc2ccc(C=O)cc2)CC1. The third kappa shape index (κ3) is 5.61. The summed E-state index contributed by atoms with van der Waals surface area (Å²) < 4.78 is 5.78. The summed E-state index contributed by atoms with van der Waals surface area (Å²) in [4.78, 5) is 15.5. The van der Waals surface area contributed by atoms with E-state index in [0.29, 0.717) is 12.3 Å². The standard InChI is InChI=1S/C16H26N2O2Si/c1-21(2,3)14-18-10-8-17(9-11-18)13-20-16-6-4-15(12-19)5-7-16/h4-7,12H,8-11,13-14H2,1-3H3. The van der Waals surface area contributed by atoms with Crippen LogP contribution in [0.4, 0.5) is 0 Å². The average Bonchev–Trinajstić information content (AvgIpc) is 2.45. The van der Waals surface area contributed by atoms with E-state index in [9.17, 15) is 4.79 Å². The highest BCUT2D eigenvalue weighted by atomic mass is 28.3. The van der Waals surface area contributed by atoms with Crippen LogP contribution < -0.4 is 4.74 Å². The first-order chi connectivity index (χ1) is 9.96. The van der Waals surface area contributed by atoms with E-state index in [1.807, 2.05) is 12.1 Å². The van der Waals surface area contributed by atoms with Crippen LogP contribution in [0.5, 0.6) is 5.75 Å². The van der Waals surface area contributed by atoms with E-state index in [-0.39, 0.29) is 0 Å². The Kier molecular flexibility index (Phi) is 5.55. The van der Waals surface area contributed by atoms with E-state index in [0.717, 1.165) is 38.2 Å². The molecule has 1 aliphatic rings. The lowest BCUT2D eigenvalue weighted by Gasteiger charge is -2.37. The van der Waals surface area contributed by atoms with Crippen LogP contribution in [-0.4, -0.2) is 63.2 Å². The zero-order chi connectivity index (χ0) is 15.3. The Morgan fingerprint density at radius 2 is 1.62 bits per heavy atom. The predicted octanol–water partition coefficient (Wildman–Crippen LogP) is 2.33. The first kappa shape index (κ1) is 16.2. The van der Waals surface area contributed by atoms with Crippen molar-refractivity contribution >= 4 is 14.4 Å². The Labute approximate surface area is 128 Å². The fourth-order valence-electron chi connectivity index (χ4n) is 2.56. The second kappa shape index (κ2) is 7.20. The monoisotopic (exact) mass is 306 g/mol. The molecular formula is C16H26N2O2Si. The molecule has 0 atom stereocenters. The highest BCUT2D eigenvalue weighted by Crippen LogP contribution is 2.13. The van der Waals surface area contributed by atoms with Gasteiger partial charge >= 0.3 is 0 Å². The van der Waals surface area contributed by atoms with E-state index >= 15 is 0 Å². The van der Waals surface area contributed by atoms with Gasteiger partial charge in [-0.25, -0.2) is 0 Å². The molecule has 1 aromatic carbocycles. The van der Waals surface area contributed by atoms with Crippen molar-refractivity contribution in [2.24, 2.45) is 0 Å². The average molecular weight is 306 g/mol. The van der Waals surface area contributed by atoms with Crippen molar-refractivity contribution in [1.82, 2.24) is 9.80 Å².